The van der Waals surface area contributed by atoms with Gasteiger partial charge in [-0.3, -0.25) is 4.79 Å². The van der Waals surface area contributed by atoms with E-state index >= 15 is 0 Å². The molecule has 0 saturated heterocycles. The summed E-state index contributed by atoms with van der Waals surface area (Å²) in [5, 5.41) is -0.0421. The Bertz CT molecular complexity index is 280. The van der Waals surface area contributed by atoms with E-state index in [1.807, 2.05) is 6.92 Å². The first-order chi connectivity index (χ1) is 5.61. The SMILES string of the molecule is Cc1occc1SC(=O)[C@H](C)N. The Hall–Kier alpha value is -0.740. The van der Waals surface area contributed by atoms with Crippen molar-refractivity contribution in [3.63, 3.8) is 0 Å². The van der Waals surface area contributed by atoms with E-state index in [1.165, 1.54) is 0 Å². The predicted octanol–water partition coefficient (Wildman–Crippen LogP) is 1.55. The zero-order valence-corrected chi connectivity index (χ0v) is 7.85. The molecule has 0 spiro atoms. The fourth-order valence-electron chi connectivity index (χ4n) is 0.681. The fraction of sp³-hybridized carbons (Fsp3) is 0.375. The summed E-state index contributed by atoms with van der Waals surface area (Å²) >= 11 is 1.13. The molecule has 0 aliphatic heterocycles. The number of rotatable bonds is 2. The van der Waals surface area contributed by atoms with Crippen molar-refractivity contribution in [2.45, 2.75) is 24.8 Å². The second-order valence-corrected chi connectivity index (χ2v) is 3.60. The molecule has 0 unspecified atom stereocenters. The number of thioether (sulfide) groups is 1. The van der Waals surface area contributed by atoms with Crippen molar-refractivity contribution in [3.05, 3.63) is 18.1 Å². The summed E-state index contributed by atoms with van der Waals surface area (Å²) in [5.41, 5.74) is 5.40. The zero-order valence-electron chi connectivity index (χ0n) is 7.03. The Morgan fingerprint density at radius 1 is 1.75 bits per heavy atom. The first-order valence-electron chi connectivity index (χ1n) is 3.62. The molecule has 0 amide bonds. The van der Waals surface area contributed by atoms with Crippen molar-refractivity contribution in [3.8, 4) is 0 Å². The van der Waals surface area contributed by atoms with Crippen molar-refractivity contribution in [2.75, 3.05) is 0 Å². The Morgan fingerprint density at radius 2 is 2.42 bits per heavy atom. The molecule has 0 aliphatic carbocycles. The molecule has 0 saturated carbocycles. The average Bonchev–Trinajstić information content (AvgIpc) is 2.36. The maximum absolute atomic E-state index is 11.2. The Morgan fingerprint density at radius 3 is 2.83 bits per heavy atom. The smallest absolute Gasteiger partial charge is 0.210 e. The quantitative estimate of drug-likeness (QED) is 0.710. The monoisotopic (exact) mass is 185 g/mol. The summed E-state index contributed by atoms with van der Waals surface area (Å²) in [4.78, 5) is 12.0. The molecule has 1 aromatic heterocycles. The summed E-state index contributed by atoms with van der Waals surface area (Å²) < 4.78 is 5.03. The summed E-state index contributed by atoms with van der Waals surface area (Å²) in [6, 6.07) is 1.34. The number of carbonyl (C=O) groups is 1. The number of carbonyl (C=O) groups excluding carboxylic acids is 1. The van der Waals surface area contributed by atoms with Gasteiger partial charge in [0.15, 0.2) is 0 Å². The van der Waals surface area contributed by atoms with Crippen LogP contribution in [-0.4, -0.2) is 11.2 Å². The van der Waals surface area contributed by atoms with Gasteiger partial charge in [-0.05, 0) is 31.7 Å². The van der Waals surface area contributed by atoms with Crippen molar-refractivity contribution in [1.29, 1.82) is 0 Å². The highest BCUT2D eigenvalue weighted by Gasteiger charge is 2.12. The third-order valence-electron chi connectivity index (χ3n) is 1.39. The topological polar surface area (TPSA) is 56.2 Å². The second kappa shape index (κ2) is 3.78. The number of aryl methyl sites for hydroxylation is 1. The Labute approximate surface area is 75.3 Å². The van der Waals surface area contributed by atoms with Gasteiger partial charge in [0.2, 0.25) is 5.12 Å². The molecule has 0 radical (unpaired) electrons. The van der Waals surface area contributed by atoms with Gasteiger partial charge >= 0.3 is 0 Å². The van der Waals surface area contributed by atoms with Gasteiger partial charge in [-0.1, -0.05) is 0 Å². The highest BCUT2D eigenvalue weighted by atomic mass is 32.2. The summed E-state index contributed by atoms with van der Waals surface area (Å²) in [6.45, 7) is 3.49. The predicted molar refractivity (Wildman–Crippen MR) is 48.0 cm³/mol. The molecule has 1 atom stereocenters. The van der Waals surface area contributed by atoms with E-state index in [9.17, 15) is 4.79 Å². The molecule has 2 N–H and O–H groups in total. The largest absolute Gasteiger partial charge is 0.468 e. The lowest BCUT2D eigenvalue weighted by atomic mass is 10.4. The van der Waals surface area contributed by atoms with Crippen molar-refractivity contribution in [1.82, 2.24) is 0 Å². The average molecular weight is 185 g/mol. The second-order valence-electron chi connectivity index (χ2n) is 2.55. The van der Waals surface area contributed by atoms with Crippen LogP contribution in [0.5, 0.6) is 0 Å². The molecular weight excluding hydrogens is 174 g/mol. The highest BCUT2D eigenvalue weighted by Crippen LogP contribution is 2.24. The normalized spacial score (nSPS) is 12.9. The number of furan rings is 1. The van der Waals surface area contributed by atoms with Crippen LogP contribution >= 0.6 is 11.8 Å². The minimum atomic E-state index is -0.427. The van der Waals surface area contributed by atoms with Gasteiger partial charge in [-0.15, -0.1) is 0 Å². The molecule has 1 aromatic rings. The summed E-state index contributed by atoms with van der Waals surface area (Å²) in [5.74, 6) is 0.758. The van der Waals surface area contributed by atoms with Crippen LogP contribution < -0.4 is 5.73 Å². The van der Waals surface area contributed by atoms with Gasteiger partial charge in [0, 0.05) is 0 Å². The van der Waals surface area contributed by atoms with Gasteiger partial charge in [-0.2, -0.15) is 0 Å². The molecule has 3 nitrogen and oxygen atoms in total. The molecule has 0 aromatic carbocycles. The molecule has 4 heteroatoms. The van der Waals surface area contributed by atoms with Crippen LogP contribution in [0.4, 0.5) is 0 Å². The van der Waals surface area contributed by atoms with E-state index in [0.29, 0.717) is 0 Å². The molecule has 0 fully saturated rings. The van der Waals surface area contributed by atoms with Crippen LogP contribution in [0, 0.1) is 6.92 Å². The Kier molecular flexibility index (Phi) is 2.94. The minimum absolute atomic E-state index is 0.0421. The lowest BCUT2D eigenvalue weighted by Gasteiger charge is -2.01. The van der Waals surface area contributed by atoms with Gasteiger partial charge < -0.3 is 10.2 Å². The number of nitrogens with two attached hydrogens (primary N) is 1. The number of hydrogen-bond acceptors (Lipinski definition) is 4. The van der Waals surface area contributed by atoms with E-state index in [4.69, 9.17) is 10.2 Å². The van der Waals surface area contributed by atoms with Crippen molar-refractivity contribution in [2.24, 2.45) is 5.73 Å². The van der Waals surface area contributed by atoms with Gasteiger partial charge in [-0.25, -0.2) is 0 Å². The molecule has 1 heterocycles. The van der Waals surface area contributed by atoms with Gasteiger partial charge in [0.05, 0.1) is 17.2 Å². The molecule has 0 bridgehead atoms. The van der Waals surface area contributed by atoms with Crippen LogP contribution in [-0.2, 0) is 4.79 Å². The lowest BCUT2D eigenvalue weighted by molar-refractivity contribution is -0.111. The molecule has 12 heavy (non-hydrogen) atoms. The molecule has 1 rings (SSSR count). The van der Waals surface area contributed by atoms with Crippen molar-refractivity contribution < 1.29 is 9.21 Å². The van der Waals surface area contributed by atoms with Gasteiger partial charge in [0.1, 0.15) is 5.76 Å². The minimum Gasteiger partial charge on any atom is -0.468 e. The van der Waals surface area contributed by atoms with Crippen LogP contribution in [0.15, 0.2) is 21.6 Å². The maximum atomic E-state index is 11.2. The fourth-order valence-corrected chi connectivity index (χ4v) is 1.40. The lowest BCUT2D eigenvalue weighted by Crippen LogP contribution is -2.23. The van der Waals surface area contributed by atoms with E-state index in [-0.39, 0.29) is 5.12 Å². The third-order valence-corrected chi connectivity index (χ3v) is 2.61. The van der Waals surface area contributed by atoms with Crippen LogP contribution in [0.2, 0.25) is 0 Å². The van der Waals surface area contributed by atoms with E-state index in [2.05, 4.69) is 0 Å². The van der Waals surface area contributed by atoms with E-state index in [1.54, 1.807) is 19.3 Å². The van der Waals surface area contributed by atoms with Crippen LogP contribution in [0.3, 0.4) is 0 Å². The maximum Gasteiger partial charge on any atom is 0.210 e. The molecular formula is C8H11NO2S. The molecule has 0 aliphatic rings. The third kappa shape index (κ3) is 2.12. The summed E-state index contributed by atoms with van der Waals surface area (Å²) in [6.07, 6.45) is 1.56. The highest BCUT2D eigenvalue weighted by molar-refractivity contribution is 8.13. The zero-order chi connectivity index (χ0) is 9.14. The van der Waals surface area contributed by atoms with Crippen molar-refractivity contribution >= 4 is 16.9 Å². The van der Waals surface area contributed by atoms with Crippen LogP contribution in [0.1, 0.15) is 12.7 Å². The Balaban J connectivity index is 2.64. The standard InChI is InChI=1S/C8H11NO2S/c1-5(9)8(10)12-7-3-4-11-6(7)2/h3-5H,9H2,1-2H3/t5-/m0/s1. The van der Waals surface area contributed by atoms with E-state index < -0.39 is 6.04 Å². The first kappa shape index (κ1) is 9.35. The molecule has 66 valence electrons. The van der Waals surface area contributed by atoms with Gasteiger partial charge in [0.25, 0.3) is 0 Å². The van der Waals surface area contributed by atoms with E-state index in [0.717, 1.165) is 22.4 Å². The summed E-state index contributed by atoms with van der Waals surface area (Å²) in [7, 11) is 0. The first-order valence-corrected chi connectivity index (χ1v) is 4.44. The number of hydrogen-bond donors (Lipinski definition) is 1. The van der Waals surface area contributed by atoms with Crippen LogP contribution in [0.25, 0.3) is 0 Å².